The molecule has 3 aromatic rings. The van der Waals surface area contributed by atoms with E-state index in [1.807, 2.05) is 37.3 Å². The van der Waals surface area contributed by atoms with Gasteiger partial charge in [-0.15, -0.1) is 0 Å². The predicted octanol–water partition coefficient (Wildman–Crippen LogP) is 2.85. The molecule has 1 saturated heterocycles. The van der Waals surface area contributed by atoms with Crippen LogP contribution in [0.25, 0.3) is 6.08 Å². The van der Waals surface area contributed by atoms with Gasteiger partial charge in [0, 0.05) is 62.2 Å². The molecule has 0 radical (unpaired) electrons. The highest BCUT2D eigenvalue weighted by Crippen LogP contribution is 2.36. The monoisotopic (exact) mass is 497 g/mol. The molecule has 4 aliphatic rings. The third-order valence-electron chi connectivity index (χ3n) is 7.43. The van der Waals surface area contributed by atoms with Crippen molar-refractivity contribution in [2.75, 3.05) is 50.1 Å². The second-order valence-electron chi connectivity index (χ2n) is 10.1. The van der Waals surface area contributed by atoms with Crippen molar-refractivity contribution < 1.29 is 6.16 Å². The molecule has 1 atom stereocenters. The fourth-order valence-electron chi connectivity index (χ4n) is 5.40. The molecule has 1 aromatic heterocycles. The van der Waals surface area contributed by atoms with Gasteiger partial charge < -0.3 is 19.9 Å². The Morgan fingerprint density at radius 1 is 1.03 bits per heavy atom. The number of likely N-dealkylation sites (N-methyl/N-ethyl adjacent to an activating group) is 1. The summed E-state index contributed by atoms with van der Waals surface area (Å²) in [5, 5.41) is 4.62. The second kappa shape index (κ2) is 9.56. The van der Waals surface area contributed by atoms with Gasteiger partial charge in [0.25, 0.3) is 5.56 Å². The molecule has 1 fully saturated rings. The van der Waals surface area contributed by atoms with E-state index >= 15 is 0 Å². The molecule has 2 aromatic carbocycles. The fraction of sp³-hybridized carbons (Fsp3) is 0.333. The normalized spacial score (nSPS) is 20.5. The van der Waals surface area contributed by atoms with Crippen LogP contribution in [-0.4, -0.2) is 55.0 Å². The first kappa shape index (κ1) is 23.6. The van der Waals surface area contributed by atoms with E-state index in [0.29, 0.717) is 18.6 Å². The van der Waals surface area contributed by atoms with Crippen molar-refractivity contribution in [1.29, 1.82) is 0 Å². The Bertz CT molecular complexity index is 1520. The Hall–Kier alpha value is -3.84. The van der Waals surface area contributed by atoms with Gasteiger partial charge in [-0.05, 0) is 68.1 Å². The molecule has 0 spiro atoms. The predicted molar refractivity (Wildman–Crippen MR) is 150 cm³/mol. The van der Waals surface area contributed by atoms with E-state index in [1.54, 1.807) is 10.6 Å². The zero-order valence-corrected chi connectivity index (χ0v) is 21.5. The van der Waals surface area contributed by atoms with Crippen LogP contribution in [0.3, 0.4) is 0 Å². The minimum Gasteiger partial charge on any atom is -0.494 e. The standard InChI is InChI=1S/C30H33N5O2.H2/c1-3-37-27-7-5-4-6-24(27)21-35-28(36)13-8-23-18-22-19-30(20-22,32-29(23)35)31-25-9-11-26(12-10-25)34-16-14-33(2)15-17-34;/h4-13,18-19,31H,3,14-17,20-21H2,1-2H3;1H. The molecule has 0 amide bonds. The molecule has 1 unspecified atom stereocenters. The molecule has 7 heteroatoms. The van der Waals surface area contributed by atoms with Crippen molar-refractivity contribution in [3.8, 4) is 5.75 Å². The minimum absolute atomic E-state index is 0. The lowest BCUT2D eigenvalue weighted by atomic mass is 9.86. The maximum absolute atomic E-state index is 13.1. The Balaban J connectivity index is 0.00000294. The number of nitrogens with one attached hydrogen (secondary N) is 1. The van der Waals surface area contributed by atoms with Gasteiger partial charge in [-0.3, -0.25) is 9.36 Å². The van der Waals surface area contributed by atoms with Crippen LogP contribution in [0.5, 0.6) is 5.75 Å². The third kappa shape index (κ3) is 4.67. The zero-order valence-electron chi connectivity index (χ0n) is 21.5. The van der Waals surface area contributed by atoms with Crippen molar-refractivity contribution in [3.05, 3.63) is 98.9 Å². The van der Waals surface area contributed by atoms with Gasteiger partial charge in [0.15, 0.2) is 5.66 Å². The van der Waals surface area contributed by atoms with Gasteiger partial charge in [0.2, 0.25) is 0 Å². The molecule has 1 aliphatic carbocycles. The molecule has 7 rings (SSSR count). The smallest absolute Gasteiger partial charge is 0.252 e. The van der Waals surface area contributed by atoms with E-state index in [1.165, 1.54) is 11.3 Å². The van der Waals surface area contributed by atoms with Gasteiger partial charge in [-0.25, -0.2) is 4.99 Å². The first-order valence-electron chi connectivity index (χ1n) is 13.1. The van der Waals surface area contributed by atoms with Crippen LogP contribution in [-0.2, 0) is 6.54 Å². The minimum atomic E-state index is -0.568. The summed E-state index contributed by atoms with van der Waals surface area (Å²) in [6, 6.07) is 20.0. The molecule has 7 nitrogen and oxygen atoms in total. The van der Waals surface area contributed by atoms with Crippen molar-refractivity contribution in [2.45, 2.75) is 25.6 Å². The number of aromatic nitrogens is 1. The highest BCUT2D eigenvalue weighted by atomic mass is 16.5. The zero-order chi connectivity index (χ0) is 25.4. The number of nitrogens with zero attached hydrogens (tertiary/aromatic N) is 4. The molecule has 37 heavy (non-hydrogen) atoms. The average molecular weight is 498 g/mol. The van der Waals surface area contributed by atoms with Crippen LogP contribution in [0.4, 0.5) is 11.4 Å². The Morgan fingerprint density at radius 2 is 1.78 bits per heavy atom. The van der Waals surface area contributed by atoms with E-state index in [0.717, 1.165) is 54.8 Å². The van der Waals surface area contributed by atoms with Gasteiger partial charge in [-0.1, -0.05) is 18.2 Å². The van der Waals surface area contributed by atoms with E-state index in [-0.39, 0.29) is 6.99 Å². The largest absolute Gasteiger partial charge is 0.494 e. The number of para-hydroxylation sites is 1. The van der Waals surface area contributed by atoms with Crippen LogP contribution in [0.1, 0.15) is 20.3 Å². The highest BCUT2D eigenvalue weighted by Gasteiger charge is 2.37. The summed E-state index contributed by atoms with van der Waals surface area (Å²) < 4.78 is 7.59. The Kier molecular flexibility index (Phi) is 6.08. The van der Waals surface area contributed by atoms with Crippen LogP contribution < -0.4 is 31.2 Å². The highest BCUT2D eigenvalue weighted by molar-refractivity contribution is 5.62. The molecule has 192 valence electrons. The molecule has 4 heterocycles. The number of piperazine rings is 1. The fourth-order valence-corrected chi connectivity index (χ4v) is 5.40. The van der Waals surface area contributed by atoms with E-state index < -0.39 is 5.66 Å². The summed E-state index contributed by atoms with van der Waals surface area (Å²) in [7, 11) is 2.17. The Labute approximate surface area is 218 Å². The van der Waals surface area contributed by atoms with Gasteiger partial charge >= 0.3 is 0 Å². The summed E-state index contributed by atoms with van der Waals surface area (Å²) in [4.78, 5) is 23.0. The van der Waals surface area contributed by atoms with Crippen molar-refractivity contribution in [1.82, 2.24) is 9.47 Å². The first-order chi connectivity index (χ1) is 18.0. The summed E-state index contributed by atoms with van der Waals surface area (Å²) in [6.45, 7) is 7.21. The lowest BCUT2D eigenvalue weighted by Crippen LogP contribution is -2.47. The van der Waals surface area contributed by atoms with Crippen molar-refractivity contribution in [3.63, 3.8) is 0 Å². The number of pyridine rings is 1. The van der Waals surface area contributed by atoms with Crippen LogP contribution in [0, 0.1) is 0 Å². The summed E-state index contributed by atoms with van der Waals surface area (Å²) in [5.41, 5.74) is 4.52. The molecule has 1 N–H and O–H groups in total. The maximum atomic E-state index is 13.1. The molecular weight excluding hydrogens is 462 g/mol. The number of rotatable bonds is 7. The SMILES string of the molecule is CCOc1ccccc1Cn1c(=O)ccc2c1=NC1(Nc3ccc(N4CCN(C)CC4)cc3)C=C(C=2)C1.[HH]. The quantitative estimate of drug-likeness (QED) is 0.544. The Morgan fingerprint density at radius 3 is 2.54 bits per heavy atom. The van der Waals surface area contributed by atoms with Gasteiger partial charge in [-0.2, -0.15) is 0 Å². The summed E-state index contributed by atoms with van der Waals surface area (Å²) >= 11 is 0. The van der Waals surface area contributed by atoms with Crippen molar-refractivity contribution in [2.24, 2.45) is 4.99 Å². The van der Waals surface area contributed by atoms with E-state index in [2.05, 4.69) is 58.6 Å². The van der Waals surface area contributed by atoms with Gasteiger partial charge in [0.05, 0.1) is 13.2 Å². The molecule has 2 bridgehead atoms. The number of benzene rings is 2. The third-order valence-corrected chi connectivity index (χ3v) is 7.43. The first-order valence-corrected chi connectivity index (χ1v) is 13.1. The van der Waals surface area contributed by atoms with Crippen LogP contribution >= 0.6 is 0 Å². The average Bonchev–Trinajstić information content (AvgIpc) is 3.14. The number of anilines is 2. The van der Waals surface area contributed by atoms with Crippen LogP contribution in [0.2, 0.25) is 0 Å². The van der Waals surface area contributed by atoms with Crippen molar-refractivity contribution >= 4 is 17.5 Å². The van der Waals surface area contributed by atoms with Gasteiger partial charge in [0.1, 0.15) is 11.2 Å². The molecular formula is C30H35N5O2. The van der Waals surface area contributed by atoms with Crippen LogP contribution in [0.15, 0.2) is 82.1 Å². The number of hydrogen-bond donors (Lipinski definition) is 1. The second-order valence-corrected chi connectivity index (χ2v) is 10.1. The van der Waals surface area contributed by atoms with E-state index in [4.69, 9.17) is 9.73 Å². The molecule has 3 aliphatic heterocycles. The summed E-state index contributed by atoms with van der Waals surface area (Å²) in [5.74, 6) is 0.797. The number of ether oxygens (including phenoxy) is 1. The number of hydrogen-bond acceptors (Lipinski definition) is 6. The lowest BCUT2D eigenvalue weighted by molar-refractivity contribution is 0.313. The van der Waals surface area contributed by atoms with E-state index in [9.17, 15) is 4.79 Å². The topological polar surface area (TPSA) is 62.1 Å². The summed E-state index contributed by atoms with van der Waals surface area (Å²) in [6.07, 6.45) is 5.10. The maximum Gasteiger partial charge on any atom is 0.252 e. The lowest BCUT2D eigenvalue weighted by Gasteiger charge is -2.36. The molecule has 0 saturated carbocycles.